The molecule has 1 aromatic carbocycles. The molecule has 1 unspecified atom stereocenters. The molecule has 0 bridgehead atoms. The van der Waals surface area contributed by atoms with Crippen molar-refractivity contribution < 1.29 is 23.5 Å². The van der Waals surface area contributed by atoms with Gasteiger partial charge in [-0.3, -0.25) is 4.79 Å². The maximum atomic E-state index is 12.8. The van der Waals surface area contributed by atoms with Crippen molar-refractivity contribution in [3.05, 3.63) is 35.6 Å². The number of ether oxygens (including phenoxy) is 2. The van der Waals surface area contributed by atoms with E-state index in [1.807, 2.05) is 6.07 Å². The van der Waals surface area contributed by atoms with Crippen LogP contribution in [0.5, 0.6) is 0 Å². The second kappa shape index (κ2) is 8.25. The van der Waals surface area contributed by atoms with E-state index in [0.29, 0.717) is 26.3 Å². The number of nitriles is 1. The number of amides is 1. The third-order valence-electron chi connectivity index (χ3n) is 3.50. The Bertz CT molecular complexity index is 591. The second-order valence-electron chi connectivity index (χ2n) is 5.05. The molecule has 1 saturated heterocycles. The first-order valence-electron chi connectivity index (χ1n) is 7.30. The van der Waals surface area contributed by atoms with Crippen LogP contribution in [0.25, 0.3) is 0 Å². The number of esters is 1. The molecule has 1 aliphatic heterocycles. The zero-order valence-corrected chi connectivity index (χ0v) is 12.5. The van der Waals surface area contributed by atoms with Gasteiger partial charge in [-0.15, -0.1) is 0 Å². The molecule has 1 amide bonds. The van der Waals surface area contributed by atoms with Gasteiger partial charge in [0.25, 0.3) is 0 Å². The first kappa shape index (κ1) is 16.9. The molecule has 1 aromatic rings. The molecule has 1 fully saturated rings. The van der Waals surface area contributed by atoms with Crippen LogP contribution in [0.1, 0.15) is 16.8 Å². The normalized spacial score (nSPS) is 15.6. The number of hydrogen-bond donors (Lipinski definition) is 0. The first-order chi connectivity index (χ1) is 11.1. The Hall–Kier alpha value is -2.46. The highest BCUT2D eigenvalue weighted by Gasteiger charge is 2.25. The Morgan fingerprint density at radius 3 is 2.57 bits per heavy atom. The van der Waals surface area contributed by atoms with Crippen LogP contribution in [0.3, 0.4) is 0 Å². The highest BCUT2D eigenvalue weighted by atomic mass is 19.1. The summed E-state index contributed by atoms with van der Waals surface area (Å²) in [4.78, 5) is 25.5. The summed E-state index contributed by atoms with van der Waals surface area (Å²) in [5.41, 5.74) is 0.222. The number of benzene rings is 1. The number of halogens is 1. The lowest BCUT2D eigenvalue weighted by Gasteiger charge is -2.28. The molecule has 0 N–H and O–H groups in total. The Morgan fingerprint density at radius 1 is 1.30 bits per heavy atom. The van der Waals surface area contributed by atoms with E-state index in [1.165, 1.54) is 12.1 Å². The third-order valence-corrected chi connectivity index (χ3v) is 3.50. The van der Waals surface area contributed by atoms with Crippen molar-refractivity contribution in [3.63, 3.8) is 0 Å². The van der Waals surface area contributed by atoms with Gasteiger partial charge in [-0.25, -0.2) is 9.18 Å². The molecular weight excluding hydrogens is 303 g/mol. The van der Waals surface area contributed by atoms with Crippen molar-refractivity contribution >= 4 is 11.9 Å². The van der Waals surface area contributed by atoms with Crippen LogP contribution in [0.2, 0.25) is 0 Å². The lowest BCUT2D eigenvalue weighted by molar-refractivity contribution is -0.138. The molecule has 23 heavy (non-hydrogen) atoms. The summed E-state index contributed by atoms with van der Waals surface area (Å²) in [7, 11) is 0. The van der Waals surface area contributed by atoms with E-state index in [2.05, 4.69) is 0 Å². The quantitative estimate of drug-likeness (QED) is 0.766. The maximum absolute atomic E-state index is 12.8. The molecule has 2 rings (SSSR count). The third kappa shape index (κ3) is 4.76. The van der Waals surface area contributed by atoms with Crippen LogP contribution in [0.15, 0.2) is 24.3 Å². The Kier molecular flexibility index (Phi) is 6.06. The summed E-state index contributed by atoms with van der Waals surface area (Å²) in [6, 6.07) is 6.91. The average Bonchev–Trinajstić information content (AvgIpc) is 2.59. The number of carbonyl (C=O) groups is 2. The van der Waals surface area contributed by atoms with Crippen LogP contribution in [-0.2, 0) is 14.3 Å². The zero-order valence-electron chi connectivity index (χ0n) is 12.5. The lowest BCUT2D eigenvalue weighted by atomic mass is 10.1. The number of rotatable bonds is 5. The number of nitrogens with zero attached hydrogens (tertiary/aromatic N) is 2. The van der Waals surface area contributed by atoms with Crippen LogP contribution < -0.4 is 0 Å². The van der Waals surface area contributed by atoms with Crippen molar-refractivity contribution in [1.82, 2.24) is 4.90 Å². The minimum absolute atomic E-state index is 0.0511. The van der Waals surface area contributed by atoms with Crippen LogP contribution in [0.4, 0.5) is 4.39 Å². The monoisotopic (exact) mass is 320 g/mol. The highest BCUT2D eigenvalue weighted by Crippen LogP contribution is 2.11. The highest BCUT2D eigenvalue weighted by molar-refractivity contribution is 5.89. The molecule has 0 aliphatic carbocycles. The van der Waals surface area contributed by atoms with Crippen molar-refractivity contribution in [3.8, 4) is 6.07 Å². The molecule has 1 aliphatic rings. The summed E-state index contributed by atoms with van der Waals surface area (Å²) >= 11 is 0. The minimum Gasteiger partial charge on any atom is -0.462 e. The summed E-state index contributed by atoms with van der Waals surface area (Å²) in [6.45, 7) is 1.80. The standard InChI is InChI=1S/C16H17FN2O4/c17-14-3-1-12(2-4-14)16(21)23-8-5-13(11-18)15(20)19-6-9-22-10-7-19/h1-4,13H,5-10H2. The molecule has 6 nitrogen and oxygen atoms in total. The van der Waals surface area contributed by atoms with Crippen LogP contribution in [0, 0.1) is 23.1 Å². The fraction of sp³-hybridized carbons (Fsp3) is 0.438. The summed E-state index contributed by atoms with van der Waals surface area (Å²) in [5.74, 6) is -2.18. The smallest absolute Gasteiger partial charge is 0.338 e. The lowest BCUT2D eigenvalue weighted by Crippen LogP contribution is -2.43. The van der Waals surface area contributed by atoms with E-state index in [4.69, 9.17) is 14.7 Å². The molecule has 0 saturated carbocycles. The van der Waals surface area contributed by atoms with E-state index >= 15 is 0 Å². The Labute approximate surface area is 133 Å². The summed E-state index contributed by atoms with van der Waals surface area (Å²) < 4.78 is 23.0. The molecule has 1 heterocycles. The van der Waals surface area contributed by atoms with Gasteiger partial charge < -0.3 is 14.4 Å². The molecule has 0 aromatic heterocycles. The molecular formula is C16H17FN2O4. The summed E-state index contributed by atoms with van der Waals surface area (Å²) in [6.07, 6.45) is 0.125. The second-order valence-corrected chi connectivity index (χ2v) is 5.05. The van der Waals surface area contributed by atoms with E-state index in [0.717, 1.165) is 12.1 Å². The van der Waals surface area contributed by atoms with E-state index < -0.39 is 17.7 Å². The van der Waals surface area contributed by atoms with Crippen molar-refractivity contribution in [2.24, 2.45) is 5.92 Å². The predicted octanol–water partition coefficient (Wildman–Crippen LogP) is 1.37. The van der Waals surface area contributed by atoms with Crippen molar-refractivity contribution in [2.45, 2.75) is 6.42 Å². The fourth-order valence-electron chi connectivity index (χ4n) is 2.19. The van der Waals surface area contributed by atoms with Gasteiger partial charge in [0.1, 0.15) is 11.7 Å². The van der Waals surface area contributed by atoms with Crippen LogP contribution in [-0.4, -0.2) is 49.7 Å². The molecule has 122 valence electrons. The van der Waals surface area contributed by atoms with Gasteiger partial charge in [-0.1, -0.05) is 0 Å². The number of carbonyl (C=O) groups excluding carboxylic acids is 2. The fourth-order valence-corrected chi connectivity index (χ4v) is 2.19. The minimum atomic E-state index is -0.853. The summed E-state index contributed by atoms with van der Waals surface area (Å²) in [5, 5.41) is 9.13. The van der Waals surface area contributed by atoms with E-state index in [9.17, 15) is 14.0 Å². The van der Waals surface area contributed by atoms with Gasteiger partial charge in [0.05, 0.1) is 31.5 Å². The largest absolute Gasteiger partial charge is 0.462 e. The van der Waals surface area contributed by atoms with Gasteiger partial charge in [0.15, 0.2) is 0 Å². The average molecular weight is 320 g/mol. The molecule has 7 heteroatoms. The zero-order chi connectivity index (χ0) is 16.7. The van der Waals surface area contributed by atoms with Gasteiger partial charge in [0.2, 0.25) is 5.91 Å². The molecule has 0 spiro atoms. The van der Waals surface area contributed by atoms with Crippen molar-refractivity contribution in [1.29, 1.82) is 5.26 Å². The molecule has 0 radical (unpaired) electrons. The Balaban J connectivity index is 1.81. The van der Waals surface area contributed by atoms with Gasteiger partial charge >= 0.3 is 5.97 Å². The molecule has 1 atom stereocenters. The van der Waals surface area contributed by atoms with Crippen molar-refractivity contribution in [2.75, 3.05) is 32.9 Å². The van der Waals surface area contributed by atoms with Gasteiger partial charge in [-0.05, 0) is 24.3 Å². The number of hydrogen-bond acceptors (Lipinski definition) is 5. The van der Waals surface area contributed by atoms with Gasteiger partial charge in [-0.2, -0.15) is 5.26 Å². The predicted molar refractivity (Wildman–Crippen MR) is 77.8 cm³/mol. The topological polar surface area (TPSA) is 79.6 Å². The van der Waals surface area contributed by atoms with Gasteiger partial charge in [0, 0.05) is 19.5 Å². The maximum Gasteiger partial charge on any atom is 0.338 e. The number of morpholine rings is 1. The Morgan fingerprint density at radius 2 is 1.96 bits per heavy atom. The first-order valence-corrected chi connectivity index (χ1v) is 7.30. The van der Waals surface area contributed by atoms with Crippen LogP contribution >= 0.6 is 0 Å². The SMILES string of the molecule is N#CC(CCOC(=O)c1ccc(F)cc1)C(=O)N1CCOCC1. The van der Waals surface area contributed by atoms with E-state index in [1.54, 1.807) is 4.90 Å². The van der Waals surface area contributed by atoms with E-state index in [-0.39, 0.29) is 24.5 Å².